The molecule has 1 atom stereocenters. The number of rotatable bonds is 4. The van der Waals surface area contributed by atoms with Crippen molar-refractivity contribution >= 4 is 22.8 Å². The van der Waals surface area contributed by atoms with E-state index >= 15 is 0 Å². The Bertz CT molecular complexity index is 1150. The summed E-state index contributed by atoms with van der Waals surface area (Å²) in [5.74, 6) is 1.09. The van der Waals surface area contributed by atoms with Crippen molar-refractivity contribution in [3.63, 3.8) is 0 Å². The number of hydrogen-bond donors (Lipinski definition) is 0. The molecular formula is C21H27N5O2. The molecule has 3 aromatic rings. The highest BCUT2D eigenvalue weighted by molar-refractivity contribution is 5.77. The zero-order valence-corrected chi connectivity index (χ0v) is 17.0. The summed E-state index contributed by atoms with van der Waals surface area (Å²) in [4.78, 5) is 32.9. The minimum atomic E-state index is -0.295. The summed E-state index contributed by atoms with van der Waals surface area (Å²) in [7, 11) is 1.70. The zero-order valence-electron chi connectivity index (χ0n) is 17.0. The Labute approximate surface area is 163 Å². The lowest BCUT2D eigenvalue weighted by atomic mass is 10.1. The molecule has 0 bridgehead atoms. The lowest BCUT2D eigenvalue weighted by molar-refractivity contribution is 0.457. The molecule has 1 aromatic carbocycles. The van der Waals surface area contributed by atoms with E-state index in [-0.39, 0.29) is 11.2 Å². The lowest BCUT2D eigenvalue weighted by Gasteiger charge is -2.33. The van der Waals surface area contributed by atoms with Crippen molar-refractivity contribution in [3.05, 3.63) is 50.7 Å². The van der Waals surface area contributed by atoms with Gasteiger partial charge in [0.2, 0.25) is 5.95 Å². The highest BCUT2D eigenvalue weighted by Gasteiger charge is 2.30. The molecule has 0 fully saturated rings. The van der Waals surface area contributed by atoms with E-state index in [2.05, 4.69) is 37.8 Å². The average molecular weight is 381 g/mol. The van der Waals surface area contributed by atoms with Gasteiger partial charge in [-0.2, -0.15) is 4.98 Å². The van der Waals surface area contributed by atoms with Gasteiger partial charge >= 0.3 is 5.69 Å². The van der Waals surface area contributed by atoms with Gasteiger partial charge in [-0.15, -0.1) is 0 Å². The van der Waals surface area contributed by atoms with Crippen molar-refractivity contribution in [3.8, 4) is 0 Å². The van der Waals surface area contributed by atoms with Crippen molar-refractivity contribution in [1.29, 1.82) is 0 Å². The Hall–Kier alpha value is -2.83. The third-order valence-electron chi connectivity index (χ3n) is 5.58. The van der Waals surface area contributed by atoms with Gasteiger partial charge in [-0.1, -0.05) is 38.5 Å². The number of fused-ring (bicyclic) bond motifs is 3. The molecule has 3 heterocycles. The number of anilines is 2. The van der Waals surface area contributed by atoms with E-state index < -0.39 is 0 Å². The maximum absolute atomic E-state index is 13.2. The summed E-state index contributed by atoms with van der Waals surface area (Å²) in [5.41, 5.74) is 2.70. The van der Waals surface area contributed by atoms with Crippen LogP contribution in [0.3, 0.4) is 0 Å². The van der Waals surface area contributed by atoms with Gasteiger partial charge in [-0.3, -0.25) is 13.9 Å². The first-order valence-electron chi connectivity index (χ1n) is 9.97. The Morgan fingerprint density at radius 2 is 1.93 bits per heavy atom. The van der Waals surface area contributed by atoms with E-state index in [9.17, 15) is 9.59 Å². The van der Waals surface area contributed by atoms with E-state index in [1.54, 1.807) is 7.05 Å². The van der Waals surface area contributed by atoms with Gasteiger partial charge in [0.25, 0.3) is 5.56 Å². The van der Waals surface area contributed by atoms with E-state index in [1.807, 2.05) is 16.7 Å². The minimum Gasteiger partial charge on any atom is -0.311 e. The van der Waals surface area contributed by atoms with Crippen LogP contribution in [0.15, 0.2) is 33.9 Å². The molecule has 1 aliphatic rings. The van der Waals surface area contributed by atoms with Crippen LogP contribution in [0.1, 0.15) is 32.3 Å². The average Bonchev–Trinajstić information content (AvgIpc) is 3.06. The summed E-state index contributed by atoms with van der Waals surface area (Å²) >= 11 is 0. The lowest BCUT2D eigenvalue weighted by Crippen LogP contribution is -2.40. The largest absolute Gasteiger partial charge is 0.332 e. The minimum absolute atomic E-state index is 0.232. The number of aromatic nitrogens is 4. The van der Waals surface area contributed by atoms with E-state index in [4.69, 9.17) is 4.98 Å². The molecule has 0 N–H and O–H groups in total. The zero-order chi connectivity index (χ0) is 20.0. The van der Waals surface area contributed by atoms with E-state index in [0.717, 1.165) is 43.1 Å². The third kappa shape index (κ3) is 2.77. The first-order chi connectivity index (χ1) is 13.4. The topological polar surface area (TPSA) is 65.1 Å². The van der Waals surface area contributed by atoms with Crippen LogP contribution in [0.25, 0.3) is 11.2 Å². The molecule has 0 amide bonds. The SMILES string of the molecule is CCCCn1c(=O)c2c(nc3n2C[C@H](C)CN3c2ccccc2C)n(C)c1=O. The van der Waals surface area contributed by atoms with Crippen molar-refractivity contribution in [2.75, 3.05) is 11.4 Å². The molecule has 0 aliphatic carbocycles. The summed E-state index contributed by atoms with van der Waals surface area (Å²) in [5, 5.41) is 0. The second-order valence-electron chi connectivity index (χ2n) is 7.85. The van der Waals surface area contributed by atoms with Gasteiger partial charge in [0.15, 0.2) is 11.2 Å². The summed E-state index contributed by atoms with van der Waals surface area (Å²) in [6, 6.07) is 8.19. The molecule has 7 nitrogen and oxygen atoms in total. The Kier molecular flexibility index (Phi) is 4.61. The normalized spacial score (nSPS) is 16.6. The smallest absolute Gasteiger partial charge is 0.311 e. The number of nitrogens with zero attached hydrogens (tertiary/aromatic N) is 5. The van der Waals surface area contributed by atoms with E-state index in [0.29, 0.717) is 23.6 Å². The molecular weight excluding hydrogens is 354 g/mol. The molecule has 28 heavy (non-hydrogen) atoms. The van der Waals surface area contributed by atoms with Gasteiger partial charge in [-0.05, 0) is 30.9 Å². The number of aryl methyl sites for hydroxylation is 2. The summed E-state index contributed by atoms with van der Waals surface area (Å²) in [6.45, 7) is 8.29. The predicted octanol–water partition coefficient (Wildman–Crippen LogP) is 2.79. The van der Waals surface area contributed by atoms with Crippen molar-refractivity contribution < 1.29 is 0 Å². The number of para-hydroxylation sites is 1. The molecule has 0 saturated heterocycles. The van der Waals surface area contributed by atoms with Gasteiger partial charge < -0.3 is 9.47 Å². The molecule has 0 radical (unpaired) electrons. The molecule has 0 unspecified atom stereocenters. The fourth-order valence-corrected chi connectivity index (χ4v) is 4.09. The van der Waals surface area contributed by atoms with Crippen molar-refractivity contribution in [2.24, 2.45) is 13.0 Å². The number of hydrogen-bond acceptors (Lipinski definition) is 4. The number of unbranched alkanes of at least 4 members (excludes halogenated alkanes) is 1. The second-order valence-corrected chi connectivity index (χ2v) is 7.85. The second kappa shape index (κ2) is 6.96. The van der Waals surface area contributed by atoms with E-state index in [1.165, 1.54) is 9.13 Å². The monoisotopic (exact) mass is 381 g/mol. The van der Waals surface area contributed by atoms with Gasteiger partial charge in [-0.25, -0.2) is 4.79 Å². The molecule has 7 heteroatoms. The summed E-state index contributed by atoms with van der Waals surface area (Å²) < 4.78 is 4.87. The Balaban J connectivity index is 2.00. The molecule has 0 spiro atoms. The maximum atomic E-state index is 13.2. The first-order valence-corrected chi connectivity index (χ1v) is 9.97. The molecule has 148 valence electrons. The van der Waals surface area contributed by atoms with Crippen LogP contribution < -0.4 is 16.1 Å². The van der Waals surface area contributed by atoms with Crippen LogP contribution in [0, 0.1) is 12.8 Å². The van der Waals surface area contributed by atoms with Crippen LogP contribution in [0.2, 0.25) is 0 Å². The standard InChI is InChI=1S/C21H27N5O2/c1-5-6-11-24-19(27)17-18(23(4)21(24)28)22-20-25(12-14(2)13-26(17)20)16-10-8-7-9-15(16)3/h7-10,14H,5-6,11-13H2,1-4H3/t14-/m1/s1. The summed E-state index contributed by atoms with van der Waals surface area (Å²) in [6.07, 6.45) is 1.73. The van der Waals surface area contributed by atoms with Gasteiger partial charge in [0.05, 0.1) is 0 Å². The van der Waals surface area contributed by atoms with Gasteiger partial charge in [0.1, 0.15) is 0 Å². The van der Waals surface area contributed by atoms with Crippen molar-refractivity contribution in [2.45, 2.75) is 46.7 Å². The van der Waals surface area contributed by atoms with Crippen LogP contribution in [-0.4, -0.2) is 25.2 Å². The Morgan fingerprint density at radius 1 is 1.18 bits per heavy atom. The molecule has 4 rings (SSSR count). The van der Waals surface area contributed by atoms with Crippen LogP contribution in [0.4, 0.5) is 11.6 Å². The van der Waals surface area contributed by atoms with Crippen molar-refractivity contribution in [1.82, 2.24) is 18.7 Å². The van der Waals surface area contributed by atoms with Crippen LogP contribution in [0.5, 0.6) is 0 Å². The highest BCUT2D eigenvalue weighted by atomic mass is 16.2. The molecule has 2 aromatic heterocycles. The fraction of sp³-hybridized carbons (Fsp3) is 0.476. The molecule has 1 aliphatic heterocycles. The number of benzene rings is 1. The number of imidazole rings is 1. The van der Waals surface area contributed by atoms with Gasteiger partial charge in [0, 0.05) is 32.4 Å². The molecule has 0 saturated carbocycles. The predicted molar refractivity (Wildman–Crippen MR) is 111 cm³/mol. The maximum Gasteiger partial charge on any atom is 0.332 e. The van der Waals surface area contributed by atoms with Crippen LogP contribution >= 0.6 is 0 Å². The quantitative estimate of drug-likeness (QED) is 0.697. The third-order valence-corrected chi connectivity index (χ3v) is 5.58. The Morgan fingerprint density at radius 3 is 2.64 bits per heavy atom. The van der Waals surface area contributed by atoms with Crippen LogP contribution in [-0.2, 0) is 20.1 Å². The highest BCUT2D eigenvalue weighted by Crippen LogP contribution is 2.34. The first kappa shape index (κ1) is 18.5. The fourth-order valence-electron chi connectivity index (χ4n) is 4.09.